The maximum Gasteiger partial charge on any atom is 0.161 e. The summed E-state index contributed by atoms with van der Waals surface area (Å²) in [6.45, 7) is 4.49. The van der Waals surface area contributed by atoms with Gasteiger partial charge in [-0.2, -0.15) is 0 Å². The Balaban J connectivity index is 1.41. The maximum absolute atomic E-state index is 11.6. The normalized spacial score (nSPS) is 15.0. The molecule has 1 saturated heterocycles. The summed E-state index contributed by atoms with van der Waals surface area (Å²) in [5.74, 6) is 1.32. The SMILES string of the molecule is COc1cc(C(C)=O)ccc1OCCCC(c1ccc(-c2ccccc2)cc1)N1CCCCC1. The second kappa shape index (κ2) is 11.8. The third kappa shape index (κ3) is 6.06. The monoisotopic (exact) mass is 457 g/mol. The van der Waals surface area contributed by atoms with E-state index in [-0.39, 0.29) is 5.78 Å². The van der Waals surface area contributed by atoms with Crippen LogP contribution in [0.3, 0.4) is 0 Å². The summed E-state index contributed by atoms with van der Waals surface area (Å²) >= 11 is 0. The average Bonchev–Trinajstić information content (AvgIpc) is 2.90. The van der Waals surface area contributed by atoms with E-state index in [4.69, 9.17) is 9.47 Å². The van der Waals surface area contributed by atoms with E-state index in [1.807, 2.05) is 6.07 Å². The van der Waals surface area contributed by atoms with Gasteiger partial charge < -0.3 is 9.47 Å². The maximum atomic E-state index is 11.6. The molecule has 1 unspecified atom stereocenters. The summed E-state index contributed by atoms with van der Waals surface area (Å²) in [7, 11) is 1.61. The van der Waals surface area contributed by atoms with E-state index in [1.54, 1.807) is 26.2 Å². The number of hydrogen-bond donors (Lipinski definition) is 0. The van der Waals surface area contributed by atoms with Crippen molar-refractivity contribution in [3.8, 4) is 22.6 Å². The van der Waals surface area contributed by atoms with Gasteiger partial charge in [0.2, 0.25) is 0 Å². The molecule has 0 radical (unpaired) electrons. The lowest BCUT2D eigenvalue weighted by molar-refractivity contribution is 0.101. The number of piperidine rings is 1. The molecule has 0 amide bonds. The van der Waals surface area contributed by atoms with Gasteiger partial charge in [0.05, 0.1) is 13.7 Å². The van der Waals surface area contributed by atoms with Crippen molar-refractivity contribution in [3.05, 3.63) is 83.9 Å². The minimum Gasteiger partial charge on any atom is -0.493 e. The summed E-state index contributed by atoms with van der Waals surface area (Å²) in [5.41, 5.74) is 4.52. The minimum absolute atomic E-state index is 0.0208. The predicted molar refractivity (Wildman–Crippen MR) is 138 cm³/mol. The molecule has 0 N–H and O–H groups in total. The van der Waals surface area contributed by atoms with E-state index in [1.165, 1.54) is 36.0 Å². The third-order valence-corrected chi connectivity index (χ3v) is 6.68. The Morgan fingerprint density at radius 1 is 0.882 bits per heavy atom. The van der Waals surface area contributed by atoms with Crippen molar-refractivity contribution < 1.29 is 14.3 Å². The number of carbonyl (C=O) groups excluding carboxylic acids is 1. The quantitative estimate of drug-likeness (QED) is 0.244. The van der Waals surface area contributed by atoms with Crippen molar-refractivity contribution in [2.75, 3.05) is 26.8 Å². The van der Waals surface area contributed by atoms with Crippen molar-refractivity contribution in [2.45, 2.75) is 45.1 Å². The zero-order chi connectivity index (χ0) is 23.8. The lowest BCUT2D eigenvalue weighted by Crippen LogP contribution is -2.34. The highest BCUT2D eigenvalue weighted by Crippen LogP contribution is 2.32. The molecule has 1 aliphatic rings. The molecule has 0 aromatic heterocycles. The molecule has 0 spiro atoms. The van der Waals surface area contributed by atoms with Crippen LogP contribution in [0.15, 0.2) is 72.8 Å². The Morgan fingerprint density at radius 2 is 1.59 bits per heavy atom. The Kier molecular flexibility index (Phi) is 8.37. The van der Waals surface area contributed by atoms with Gasteiger partial charge in [-0.1, -0.05) is 61.0 Å². The highest BCUT2D eigenvalue weighted by Gasteiger charge is 2.22. The number of carbonyl (C=O) groups is 1. The lowest BCUT2D eigenvalue weighted by atomic mass is 9.95. The molecule has 34 heavy (non-hydrogen) atoms. The lowest BCUT2D eigenvalue weighted by Gasteiger charge is -2.35. The van der Waals surface area contributed by atoms with Crippen LogP contribution in [-0.2, 0) is 0 Å². The molecular weight excluding hydrogens is 422 g/mol. The smallest absolute Gasteiger partial charge is 0.161 e. The molecule has 4 heteroatoms. The largest absolute Gasteiger partial charge is 0.493 e. The van der Waals surface area contributed by atoms with E-state index in [9.17, 15) is 4.79 Å². The molecule has 1 atom stereocenters. The third-order valence-electron chi connectivity index (χ3n) is 6.68. The van der Waals surface area contributed by atoms with Gasteiger partial charge in [0.15, 0.2) is 17.3 Å². The van der Waals surface area contributed by atoms with Crippen LogP contribution >= 0.6 is 0 Å². The molecule has 3 aromatic carbocycles. The molecule has 0 aliphatic carbocycles. The van der Waals surface area contributed by atoms with Gasteiger partial charge in [-0.3, -0.25) is 9.69 Å². The Morgan fingerprint density at radius 3 is 2.26 bits per heavy atom. The first kappa shape index (κ1) is 24.0. The van der Waals surface area contributed by atoms with Crippen LogP contribution in [-0.4, -0.2) is 37.5 Å². The van der Waals surface area contributed by atoms with Gasteiger partial charge in [0, 0.05) is 11.6 Å². The Labute approximate surface area is 203 Å². The van der Waals surface area contributed by atoms with E-state index < -0.39 is 0 Å². The van der Waals surface area contributed by atoms with Gasteiger partial charge in [-0.25, -0.2) is 0 Å². The van der Waals surface area contributed by atoms with E-state index in [0.717, 1.165) is 25.9 Å². The predicted octanol–water partition coefficient (Wildman–Crippen LogP) is 6.95. The summed E-state index contributed by atoms with van der Waals surface area (Å²) in [5, 5.41) is 0. The number of benzene rings is 3. The molecule has 0 saturated carbocycles. The minimum atomic E-state index is 0.0208. The summed E-state index contributed by atoms with van der Waals surface area (Å²) < 4.78 is 11.5. The second-order valence-electron chi connectivity index (χ2n) is 9.01. The summed E-state index contributed by atoms with van der Waals surface area (Å²) in [4.78, 5) is 14.3. The number of ether oxygens (including phenoxy) is 2. The molecule has 1 heterocycles. The highest BCUT2D eigenvalue weighted by atomic mass is 16.5. The Bertz CT molecular complexity index is 1060. The first-order valence-corrected chi connectivity index (χ1v) is 12.4. The number of ketones is 1. The van der Waals surface area contributed by atoms with Crippen molar-refractivity contribution in [3.63, 3.8) is 0 Å². The zero-order valence-corrected chi connectivity index (χ0v) is 20.3. The number of likely N-dealkylation sites (tertiary alicyclic amines) is 1. The van der Waals surface area contributed by atoms with Crippen LogP contribution in [0.1, 0.15) is 61.0 Å². The number of Topliss-reactive ketones (excluding diaryl/α,β-unsaturated/α-hetero) is 1. The molecule has 178 valence electrons. The van der Waals surface area contributed by atoms with Crippen LogP contribution in [0.25, 0.3) is 11.1 Å². The molecular formula is C30H35NO3. The van der Waals surface area contributed by atoms with Gasteiger partial charge >= 0.3 is 0 Å². The van der Waals surface area contributed by atoms with Crippen molar-refractivity contribution in [2.24, 2.45) is 0 Å². The van der Waals surface area contributed by atoms with Crippen molar-refractivity contribution in [1.29, 1.82) is 0 Å². The number of rotatable bonds is 10. The van der Waals surface area contributed by atoms with Crippen LogP contribution in [0.5, 0.6) is 11.5 Å². The van der Waals surface area contributed by atoms with Crippen molar-refractivity contribution >= 4 is 5.78 Å². The summed E-state index contributed by atoms with van der Waals surface area (Å²) in [6.07, 6.45) is 5.86. The second-order valence-corrected chi connectivity index (χ2v) is 9.01. The fourth-order valence-corrected chi connectivity index (χ4v) is 4.78. The number of methoxy groups -OCH3 is 1. The van der Waals surface area contributed by atoms with Gasteiger partial charge in [-0.05, 0) is 80.6 Å². The average molecular weight is 458 g/mol. The molecule has 1 fully saturated rings. The molecule has 3 aromatic rings. The van der Waals surface area contributed by atoms with Crippen molar-refractivity contribution in [1.82, 2.24) is 4.90 Å². The van der Waals surface area contributed by atoms with Crippen LogP contribution in [0.2, 0.25) is 0 Å². The zero-order valence-electron chi connectivity index (χ0n) is 20.3. The van der Waals surface area contributed by atoms with Gasteiger partial charge in [0.25, 0.3) is 0 Å². The van der Waals surface area contributed by atoms with Gasteiger partial charge in [-0.15, -0.1) is 0 Å². The van der Waals surface area contributed by atoms with E-state index >= 15 is 0 Å². The van der Waals surface area contributed by atoms with Crippen LogP contribution in [0.4, 0.5) is 0 Å². The number of hydrogen-bond acceptors (Lipinski definition) is 4. The standard InChI is InChI=1S/C30H35NO3/c1-23(32)27-17-18-29(30(22-27)33-2)34-21-9-12-28(31-19-7-4-8-20-31)26-15-13-25(14-16-26)24-10-5-3-6-11-24/h3,5-6,10-11,13-18,22,28H,4,7-9,12,19-21H2,1-2H3. The summed E-state index contributed by atoms with van der Waals surface area (Å²) in [6, 6.07) is 25.4. The molecule has 4 nitrogen and oxygen atoms in total. The molecule has 4 rings (SSSR count). The van der Waals surface area contributed by atoms with Crippen LogP contribution < -0.4 is 9.47 Å². The van der Waals surface area contributed by atoms with Gasteiger partial charge in [0.1, 0.15) is 0 Å². The van der Waals surface area contributed by atoms with Crippen LogP contribution in [0, 0.1) is 0 Å². The first-order valence-electron chi connectivity index (χ1n) is 12.4. The van der Waals surface area contributed by atoms with E-state index in [0.29, 0.717) is 29.7 Å². The fraction of sp³-hybridized carbons (Fsp3) is 0.367. The Hall–Kier alpha value is -3.11. The number of nitrogens with zero attached hydrogens (tertiary/aromatic N) is 1. The highest BCUT2D eigenvalue weighted by molar-refractivity contribution is 5.94. The first-order chi connectivity index (χ1) is 16.7. The molecule has 1 aliphatic heterocycles. The van der Waals surface area contributed by atoms with E-state index in [2.05, 4.69) is 59.5 Å². The molecule has 0 bridgehead atoms. The fourth-order valence-electron chi connectivity index (χ4n) is 4.78. The topological polar surface area (TPSA) is 38.8 Å².